The van der Waals surface area contributed by atoms with Crippen LogP contribution in [0.25, 0.3) is 154 Å². The molecule has 8 heterocycles. The summed E-state index contributed by atoms with van der Waals surface area (Å²) in [6, 6.07) is 113. The molecule has 0 bridgehead atoms. The molecule has 0 spiro atoms. The van der Waals surface area contributed by atoms with Gasteiger partial charge in [-0.25, -0.2) is 0 Å². The molecule has 0 amide bonds. The number of hydrogen-bond donors (Lipinski definition) is 0. The van der Waals surface area contributed by atoms with Crippen LogP contribution < -0.4 is 0 Å². The number of benzene rings is 14. The maximum absolute atomic E-state index is 5.15. The third kappa shape index (κ3) is 27.4. The number of rotatable bonds is 14. The van der Waals surface area contributed by atoms with E-state index in [0.29, 0.717) is 17.8 Å². The van der Waals surface area contributed by atoms with Crippen molar-refractivity contribution in [1.29, 1.82) is 0 Å². The van der Waals surface area contributed by atoms with Crippen LogP contribution in [0.2, 0.25) is 0 Å². The molecule has 0 aliphatic rings. The minimum absolute atomic E-state index is 0. The normalized spacial score (nSPS) is 11.4. The van der Waals surface area contributed by atoms with Crippen molar-refractivity contribution < 1.29 is 211 Å². The number of nitrogens with zero attached hydrogens (tertiary/aromatic N) is 8. The Hall–Kier alpha value is -6.81. The summed E-state index contributed by atoms with van der Waals surface area (Å²) in [7, 11) is 0. The number of fused-ring (bicyclic) bond motifs is 26. The summed E-state index contributed by atoms with van der Waals surface area (Å²) in [6.07, 6.45) is 10.1. The van der Waals surface area contributed by atoms with Crippen molar-refractivity contribution >= 4 is 120 Å². The van der Waals surface area contributed by atoms with Gasteiger partial charge in [-0.1, -0.05) is 310 Å². The quantitative estimate of drug-likeness (QED) is 0.0804. The molecule has 8 nitrogen and oxygen atoms in total. The molecule has 8 aromatic heterocycles. The molecule has 0 unspecified atom stereocenters. The smallest absolute Gasteiger partial charge is 0.0774 e. The first-order valence-corrected chi connectivity index (χ1v) is 49.3. The zero-order valence-corrected chi connectivity index (χ0v) is 113. The fourth-order valence-electron chi connectivity index (χ4n) is 21.2. The molecule has 8 radical (unpaired) electrons. The Kier molecular flexibility index (Phi) is 46.2. The Labute approximate surface area is 1040 Å². The van der Waals surface area contributed by atoms with E-state index in [-0.39, 0.29) is 263 Å². The van der Waals surface area contributed by atoms with Gasteiger partial charge < -0.3 is 47.3 Å². The summed E-state index contributed by atoms with van der Waals surface area (Å²) in [4.78, 5) is 20.1. The second-order valence-corrected chi connectivity index (χ2v) is 44.3. The standard InChI is InChI=1S/C40H51N2.C31H25N2.C29H21N2.C29H31N2.4CH3.4Ir.4Y/c1-24(2)27-17-32(25(3)4)37(33(18-27)26(5)6)36-23-41-38-31-16-14-13-15-30(31)34-19-28(21-39(7,8)9)29(22-40(10,11)12)20-35(34)42(36)38;1-20-10-9-11-21(2)29(20)30-22(3)32-31-26-15-8-7-14-25(26)27-19-24(16-17-28(27)33(30)31)18-23-12-5-4-6-13-23;1-20-9-5-6-12-23(20)28-19-30-29-25-14-8-7-13-24(25)26-18-22(15-16-27(26)31(28)29)17-21-10-3-2-4-11-21;1-28(2,3)17-19-12-14-25-23(15-19)21-9-7-8-10-22(21)27-30-24-13-11-20(18-29(4,5)6)16-26(24)31(25)27;;;;;;;;;;;;/h13-15,17-20,23-26H,21-22H2,1-12H3;4-14,16-17,19H,18H2,1-3H3;2-13,15-16,18-19H,17H2,1H3;7-9,11-16H,17-18H2,1-6H3;4*1H3;;;;;;;;/q8*-1;;;;;;;;. The molecule has 22 aromatic rings. The number of hydrogen-bond acceptors (Lipinski definition) is 4. The van der Waals surface area contributed by atoms with Crippen molar-refractivity contribution in [2.24, 2.45) is 21.7 Å². The van der Waals surface area contributed by atoms with Crippen LogP contribution in [-0.2, 0) is 250 Å². The van der Waals surface area contributed by atoms with Crippen LogP contribution >= 0.6 is 0 Å². The van der Waals surface area contributed by atoms with Crippen molar-refractivity contribution in [3.05, 3.63) is 423 Å². The van der Waals surface area contributed by atoms with E-state index in [1.807, 2.05) is 30.5 Å². The van der Waals surface area contributed by atoms with Crippen molar-refractivity contribution in [3.63, 3.8) is 0 Å². The zero-order chi connectivity index (χ0) is 96.0. The number of aromatic nitrogens is 8. The van der Waals surface area contributed by atoms with Gasteiger partial charge in [-0.3, -0.25) is 19.9 Å². The van der Waals surface area contributed by atoms with Crippen molar-refractivity contribution in [1.82, 2.24) is 37.5 Å². The average molecular weight is 2980 g/mol. The first-order chi connectivity index (χ1) is 65.5. The molecule has 0 N–H and O–H groups in total. The molecule has 14 aromatic carbocycles. The second kappa shape index (κ2) is 53.3. The van der Waals surface area contributed by atoms with Crippen LogP contribution in [-0.4, -0.2) is 37.5 Å². The molecule has 22 rings (SSSR count). The van der Waals surface area contributed by atoms with Crippen LogP contribution in [0.1, 0.15) is 226 Å². The third-order valence-electron chi connectivity index (χ3n) is 27.2. The number of aryl methyl sites for hydroxylation is 4. The van der Waals surface area contributed by atoms with Crippen molar-refractivity contribution in [2.45, 2.75) is 209 Å². The van der Waals surface area contributed by atoms with Gasteiger partial charge >= 0.3 is 0 Å². The summed E-state index contributed by atoms with van der Waals surface area (Å²) in [6.45, 7) is 50.5. The van der Waals surface area contributed by atoms with Gasteiger partial charge in [0.15, 0.2) is 0 Å². The molecular formula is C133H140Ir4N8Y4-8. The summed E-state index contributed by atoms with van der Waals surface area (Å²) in [5, 5.41) is 14.2. The molecular weight excluding hydrogens is 2830 g/mol. The van der Waals surface area contributed by atoms with Crippen LogP contribution in [0.4, 0.5) is 0 Å². The summed E-state index contributed by atoms with van der Waals surface area (Å²) >= 11 is 0. The largest absolute Gasteiger partial charge is 0.358 e. The Morgan fingerprint density at radius 2 is 0.658 bits per heavy atom. The maximum atomic E-state index is 5.15. The van der Waals surface area contributed by atoms with E-state index < -0.39 is 0 Å². The zero-order valence-electron chi connectivity index (χ0n) is 91.8. The Morgan fingerprint density at radius 3 is 1.10 bits per heavy atom. The van der Waals surface area contributed by atoms with Crippen molar-refractivity contribution in [2.75, 3.05) is 0 Å². The predicted molar refractivity (Wildman–Crippen MR) is 608 cm³/mol. The minimum atomic E-state index is 0. The van der Waals surface area contributed by atoms with Gasteiger partial charge in [0.05, 0.1) is 56.4 Å². The minimum Gasteiger partial charge on any atom is -0.358 e. The SMILES string of the molecule is CC(C)(C)Cc1ccc2c(c1)c1ccc[c-]c1c1nc3ccc(CC(C)(C)C)cc3n21.CC(C)c1cc(C(C)C)c(-c2cnc3c4[c-]cccc4c4cc(CC(C)(C)C)c(CC(C)(C)C)cc4n23)c(C(C)C)c1.Cc1cccc(C)c1-c1c(C)nc2c3[c-]cccc3c3cc(Cc4ccccc4)ccc3n12.Cc1ccccc1-c1cnc2c3[c-]cccc3c3cc(Cc4ccccc4)ccc3n12.[CH3-].[CH3-].[CH3-].[CH3-].[Ir].[Ir].[Ir].[Ir].[Y].[Y].[Y].[Y]. The monoisotopic (exact) mass is 2980 g/mol. The van der Waals surface area contributed by atoms with Gasteiger partial charge in [-0.05, 0) is 241 Å². The van der Waals surface area contributed by atoms with Gasteiger partial charge in [-0.15, -0.1) is 119 Å². The Balaban J connectivity index is 0.000000263. The molecule has 16 heteroatoms. The van der Waals surface area contributed by atoms with Gasteiger partial charge in [0, 0.05) is 262 Å². The Bertz CT molecular complexity index is 8390. The first kappa shape index (κ1) is 129. The van der Waals surface area contributed by atoms with E-state index in [1.54, 1.807) is 0 Å². The first-order valence-electron chi connectivity index (χ1n) is 49.3. The van der Waals surface area contributed by atoms with Crippen LogP contribution in [0.5, 0.6) is 0 Å². The van der Waals surface area contributed by atoms with E-state index in [9.17, 15) is 0 Å². The number of imidazole rings is 4. The molecule has 768 valence electrons. The van der Waals surface area contributed by atoms with E-state index in [0.717, 1.165) is 99.6 Å². The maximum Gasteiger partial charge on any atom is 0.0774 e. The van der Waals surface area contributed by atoms with Crippen LogP contribution in [0.3, 0.4) is 0 Å². The van der Waals surface area contributed by atoms with Crippen LogP contribution in [0.15, 0.2) is 285 Å². The third-order valence-corrected chi connectivity index (χ3v) is 27.2. The summed E-state index contributed by atoms with van der Waals surface area (Å²) in [5.41, 5.74) is 39.2. The summed E-state index contributed by atoms with van der Waals surface area (Å²) < 4.78 is 9.45. The average Bonchev–Trinajstić information content (AvgIpc) is 1.35. The van der Waals surface area contributed by atoms with Crippen LogP contribution in [0, 0.1) is 103 Å². The second-order valence-electron chi connectivity index (χ2n) is 44.3. The van der Waals surface area contributed by atoms with E-state index in [1.165, 1.54) is 177 Å². The van der Waals surface area contributed by atoms with E-state index in [2.05, 4.69) is 449 Å². The topological polar surface area (TPSA) is 69.2 Å². The van der Waals surface area contributed by atoms with Gasteiger partial charge in [0.25, 0.3) is 0 Å². The fraction of sp³-hybridized carbons (Fsp3) is 0.263. The molecule has 0 aliphatic heterocycles. The van der Waals surface area contributed by atoms with E-state index in [4.69, 9.17) is 19.9 Å². The van der Waals surface area contributed by atoms with E-state index >= 15 is 0 Å². The molecule has 149 heavy (non-hydrogen) atoms. The molecule has 0 fully saturated rings. The van der Waals surface area contributed by atoms with Gasteiger partial charge in [-0.2, -0.15) is 0 Å². The van der Waals surface area contributed by atoms with Crippen molar-refractivity contribution in [3.8, 4) is 33.8 Å². The number of pyridine rings is 4. The molecule has 0 saturated carbocycles. The Morgan fingerprint density at radius 1 is 0.289 bits per heavy atom. The fourth-order valence-corrected chi connectivity index (χ4v) is 21.2. The molecule has 0 aliphatic carbocycles. The van der Waals surface area contributed by atoms with Gasteiger partial charge in [0.2, 0.25) is 0 Å². The van der Waals surface area contributed by atoms with Gasteiger partial charge in [0.1, 0.15) is 0 Å². The predicted octanol–water partition coefficient (Wildman–Crippen LogP) is 35.8. The molecule has 0 saturated heterocycles. The molecule has 0 atom stereocenters. The summed E-state index contributed by atoms with van der Waals surface area (Å²) in [5.74, 6) is 1.28.